The Bertz CT molecular complexity index is 321. The number of nitrogens with zero attached hydrogens (tertiary/aromatic N) is 1. The second-order valence-corrected chi connectivity index (χ2v) is 6.45. The van der Waals surface area contributed by atoms with E-state index in [-0.39, 0.29) is 0 Å². The SMILES string of the molecule is Cc1cnc(CNCC2CCCC(C)C2)s1. The molecule has 2 atom stereocenters. The van der Waals surface area contributed by atoms with Crippen LogP contribution in [0.15, 0.2) is 6.20 Å². The standard InChI is InChI=1S/C13H22N2S/c1-10-4-3-5-12(6-10)8-14-9-13-15-7-11(2)16-13/h7,10,12,14H,3-6,8-9H2,1-2H3. The van der Waals surface area contributed by atoms with Crippen molar-refractivity contribution in [3.8, 4) is 0 Å². The summed E-state index contributed by atoms with van der Waals surface area (Å²) in [5, 5.41) is 4.78. The number of hydrogen-bond donors (Lipinski definition) is 1. The second-order valence-electron chi connectivity index (χ2n) is 5.13. The normalized spacial score (nSPS) is 25.9. The van der Waals surface area contributed by atoms with Gasteiger partial charge in [-0.1, -0.05) is 19.8 Å². The Hall–Kier alpha value is -0.410. The molecule has 0 amide bonds. The van der Waals surface area contributed by atoms with Crippen molar-refractivity contribution in [2.45, 2.75) is 46.1 Å². The van der Waals surface area contributed by atoms with E-state index >= 15 is 0 Å². The zero-order valence-corrected chi connectivity index (χ0v) is 11.1. The molecule has 1 N–H and O–H groups in total. The molecule has 2 unspecified atom stereocenters. The fraction of sp³-hybridized carbons (Fsp3) is 0.769. The number of nitrogens with one attached hydrogen (secondary N) is 1. The molecule has 0 bridgehead atoms. The Morgan fingerprint density at radius 1 is 1.50 bits per heavy atom. The molecule has 1 aromatic heterocycles. The minimum Gasteiger partial charge on any atom is -0.310 e. The highest BCUT2D eigenvalue weighted by atomic mass is 32.1. The molecule has 1 fully saturated rings. The van der Waals surface area contributed by atoms with E-state index in [0.717, 1.165) is 18.4 Å². The summed E-state index contributed by atoms with van der Waals surface area (Å²) in [4.78, 5) is 5.68. The summed E-state index contributed by atoms with van der Waals surface area (Å²) in [5.41, 5.74) is 0. The summed E-state index contributed by atoms with van der Waals surface area (Å²) in [7, 11) is 0. The number of thiazole rings is 1. The van der Waals surface area contributed by atoms with Gasteiger partial charge in [-0.2, -0.15) is 0 Å². The van der Waals surface area contributed by atoms with E-state index < -0.39 is 0 Å². The third-order valence-electron chi connectivity index (χ3n) is 3.42. The fourth-order valence-electron chi connectivity index (χ4n) is 2.61. The predicted octanol–water partition coefficient (Wildman–Crippen LogP) is 3.37. The maximum atomic E-state index is 4.37. The van der Waals surface area contributed by atoms with Crippen molar-refractivity contribution in [2.24, 2.45) is 11.8 Å². The predicted molar refractivity (Wildman–Crippen MR) is 69.7 cm³/mol. The Labute approximate surface area is 102 Å². The Kier molecular flexibility index (Phi) is 4.36. The lowest BCUT2D eigenvalue weighted by Crippen LogP contribution is -2.26. The van der Waals surface area contributed by atoms with E-state index in [2.05, 4.69) is 24.1 Å². The van der Waals surface area contributed by atoms with Crippen LogP contribution in [0.4, 0.5) is 0 Å². The summed E-state index contributed by atoms with van der Waals surface area (Å²) in [6.07, 6.45) is 7.63. The van der Waals surface area contributed by atoms with Gasteiger partial charge in [0, 0.05) is 17.6 Å². The number of aryl methyl sites for hydroxylation is 1. The average Bonchev–Trinajstić information content (AvgIpc) is 2.64. The van der Waals surface area contributed by atoms with Crippen LogP contribution in [0.2, 0.25) is 0 Å². The molecule has 0 radical (unpaired) electrons. The molecule has 16 heavy (non-hydrogen) atoms. The third-order valence-corrected chi connectivity index (χ3v) is 4.34. The number of hydrogen-bond acceptors (Lipinski definition) is 3. The molecule has 1 saturated carbocycles. The van der Waals surface area contributed by atoms with Crippen LogP contribution >= 0.6 is 11.3 Å². The first kappa shape index (κ1) is 12.1. The molecule has 1 aromatic rings. The van der Waals surface area contributed by atoms with Gasteiger partial charge in [0.1, 0.15) is 5.01 Å². The molecule has 3 heteroatoms. The van der Waals surface area contributed by atoms with E-state index in [9.17, 15) is 0 Å². The maximum Gasteiger partial charge on any atom is 0.107 e. The van der Waals surface area contributed by atoms with Crippen molar-refractivity contribution in [2.75, 3.05) is 6.54 Å². The van der Waals surface area contributed by atoms with Crippen LogP contribution in [-0.2, 0) is 6.54 Å². The van der Waals surface area contributed by atoms with Gasteiger partial charge in [-0.3, -0.25) is 0 Å². The van der Waals surface area contributed by atoms with Gasteiger partial charge in [0.25, 0.3) is 0 Å². The third kappa shape index (κ3) is 3.56. The summed E-state index contributed by atoms with van der Waals surface area (Å²) in [6, 6.07) is 0. The van der Waals surface area contributed by atoms with E-state index in [0.29, 0.717) is 0 Å². The maximum absolute atomic E-state index is 4.37. The monoisotopic (exact) mass is 238 g/mol. The zero-order chi connectivity index (χ0) is 11.4. The van der Waals surface area contributed by atoms with E-state index in [1.165, 1.54) is 42.1 Å². The Morgan fingerprint density at radius 2 is 2.38 bits per heavy atom. The van der Waals surface area contributed by atoms with Crippen LogP contribution in [0, 0.1) is 18.8 Å². The molecule has 0 aliphatic heterocycles. The lowest BCUT2D eigenvalue weighted by Gasteiger charge is -2.26. The van der Waals surface area contributed by atoms with Crippen molar-refractivity contribution in [1.29, 1.82) is 0 Å². The van der Waals surface area contributed by atoms with Crippen molar-refractivity contribution >= 4 is 11.3 Å². The molecule has 0 aromatic carbocycles. The van der Waals surface area contributed by atoms with Crippen LogP contribution in [0.3, 0.4) is 0 Å². The summed E-state index contributed by atoms with van der Waals surface area (Å²) < 4.78 is 0. The van der Waals surface area contributed by atoms with Gasteiger partial charge in [0.15, 0.2) is 0 Å². The molecule has 1 heterocycles. The van der Waals surface area contributed by atoms with Crippen molar-refractivity contribution in [1.82, 2.24) is 10.3 Å². The molecule has 1 aliphatic carbocycles. The first-order valence-corrected chi connectivity index (χ1v) is 7.17. The van der Waals surface area contributed by atoms with Gasteiger partial charge in [0.2, 0.25) is 0 Å². The lowest BCUT2D eigenvalue weighted by molar-refractivity contribution is 0.274. The number of rotatable bonds is 4. The molecule has 0 saturated heterocycles. The average molecular weight is 238 g/mol. The smallest absolute Gasteiger partial charge is 0.107 e. The highest BCUT2D eigenvalue weighted by Crippen LogP contribution is 2.27. The van der Waals surface area contributed by atoms with Crippen LogP contribution in [-0.4, -0.2) is 11.5 Å². The van der Waals surface area contributed by atoms with Crippen LogP contribution in [0.1, 0.15) is 42.5 Å². The Balaban J connectivity index is 1.67. The van der Waals surface area contributed by atoms with Crippen molar-refractivity contribution in [3.05, 3.63) is 16.1 Å². The minimum absolute atomic E-state index is 0.893. The van der Waals surface area contributed by atoms with E-state index in [1.807, 2.05) is 6.20 Å². The van der Waals surface area contributed by atoms with Crippen molar-refractivity contribution < 1.29 is 0 Å². The van der Waals surface area contributed by atoms with Crippen LogP contribution in [0.5, 0.6) is 0 Å². The highest BCUT2D eigenvalue weighted by Gasteiger charge is 2.18. The first-order chi connectivity index (χ1) is 7.74. The number of aromatic nitrogens is 1. The summed E-state index contributed by atoms with van der Waals surface area (Å²) in [5.74, 6) is 1.83. The molecule has 2 rings (SSSR count). The van der Waals surface area contributed by atoms with E-state index in [4.69, 9.17) is 0 Å². The molecule has 2 nitrogen and oxygen atoms in total. The second kappa shape index (κ2) is 5.78. The largest absolute Gasteiger partial charge is 0.310 e. The van der Waals surface area contributed by atoms with Gasteiger partial charge in [-0.25, -0.2) is 4.98 Å². The molecule has 1 aliphatic rings. The zero-order valence-electron chi connectivity index (χ0n) is 10.3. The fourth-order valence-corrected chi connectivity index (χ4v) is 3.37. The van der Waals surface area contributed by atoms with Gasteiger partial charge in [-0.05, 0) is 38.1 Å². The van der Waals surface area contributed by atoms with E-state index in [1.54, 1.807) is 11.3 Å². The van der Waals surface area contributed by atoms with Crippen LogP contribution in [0.25, 0.3) is 0 Å². The molecular weight excluding hydrogens is 216 g/mol. The van der Waals surface area contributed by atoms with Gasteiger partial charge in [-0.15, -0.1) is 11.3 Å². The lowest BCUT2D eigenvalue weighted by atomic mass is 9.82. The Morgan fingerprint density at radius 3 is 3.06 bits per heavy atom. The van der Waals surface area contributed by atoms with Gasteiger partial charge >= 0.3 is 0 Å². The van der Waals surface area contributed by atoms with Gasteiger partial charge < -0.3 is 5.32 Å². The summed E-state index contributed by atoms with van der Waals surface area (Å²) in [6.45, 7) is 6.62. The highest BCUT2D eigenvalue weighted by molar-refractivity contribution is 7.11. The molecule has 0 spiro atoms. The topological polar surface area (TPSA) is 24.9 Å². The summed E-state index contributed by atoms with van der Waals surface area (Å²) >= 11 is 1.80. The van der Waals surface area contributed by atoms with Crippen molar-refractivity contribution in [3.63, 3.8) is 0 Å². The quantitative estimate of drug-likeness (QED) is 0.870. The van der Waals surface area contributed by atoms with Crippen LogP contribution < -0.4 is 5.32 Å². The molecular formula is C13H22N2S. The van der Waals surface area contributed by atoms with Gasteiger partial charge in [0.05, 0.1) is 0 Å². The first-order valence-electron chi connectivity index (χ1n) is 6.36. The minimum atomic E-state index is 0.893. The molecule has 90 valence electrons.